The Balaban J connectivity index is 0. The molecule has 0 atom stereocenters. The summed E-state index contributed by atoms with van der Waals surface area (Å²) in [4.78, 5) is 36.4. The largest absolute Gasteiger partial charge is 0.448 e. The average molecular weight is 476 g/mol. The highest BCUT2D eigenvalue weighted by molar-refractivity contribution is 5.85. The molecule has 0 saturated carbocycles. The van der Waals surface area contributed by atoms with Gasteiger partial charge in [-0.15, -0.1) is 0 Å². The minimum Gasteiger partial charge on any atom is -0.448 e. The molecule has 11 nitrogen and oxygen atoms in total. The van der Waals surface area contributed by atoms with Gasteiger partial charge in [-0.05, 0) is 58.3 Å². The first kappa shape index (κ1) is 33.2. The van der Waals surface area contributed by atoms with Gasteiger partial charge in [0.25, 0.3) is 0 Å². The van der Waals surface area contributed by atoms with Gasteiger partial charge in [0, 0.05) is 6.54 Å². The van der Waals surface area contributed by atoms with Crippen LogP contribution < -0.4 is 33.6 Å². The Labute approximate surface area is 199 Å². The van der Waals surface area contributed by atoms with E-state index in [1.54, 1.807) is 0 Å². The molecule has 10 N–H and O–H groups in total. The summed E-state index contributed by atoms with van der Waals surface area (Å²) in [6.45, 7) is 5.79. The van der Waals surface area contributed by atoms with Crippen molar-refractivity contribution in [2.45, 2.75) is 64.7 Å². The minimum atomic E-state index is -0.890. The maximum Gasteiger partial charge on any atom is 0.404 e. The summed E-state index contributed by atoms with van der Waals surface area (Å²) in [6, 6.07) is 0. The lowest BCUT2D eigenvalue weighted by atomic mass is 10.1. The first-order valence-electron chi connectivity index (χ1n) is 12.2. The summed E-state index contributed by atoms with van der Waals surface area (Å²) in [5.74, 6) is -0.433. The average Bonchev–Trinajstić information content (AvgIpc) is 2.78. The number of amides is 3. The molecule has 0 spiro atoms. The van der Waals surface area contributed by atoms with Crippen LogP contribution in [0.3, 0.4) is 0 Å². The van der Waals surface area contributed by atoms with Crippen molar-refractivity contribution in [1.82, 2.24) is 15.5 Å². The zero-order valence-corrected chi connectivity index (χ0v) is 20.6. The van der Waals surface area contributed by atoms with Gasteiger partial charge in [-0.1, -0.05) is 32.6 Å². The Hall–Kier alpha value is -1.95. The van der Waals surface area contributed by atoms with Gasteiger partial charge in [0.15, 0.2) is 0 Å². The van der Waals surface area contributed by atoms with Gasteiger partial charge in [0.2, 0.25) is 11.8 Å². The van der Waals surface area contributed by atoms with Crippen LogP contribution in [-0.4, -0.2) is 81.8 Å². The molecule has 0 bridgehead atoms. The topological polar surface area (TPSA) is 192 Å². The number of ether oxygens (including phenoxy) is 1. The van der Waals surface area contributed by atoms with E-state index in [-0.39, 0.29) is 38.1 Å². The number of nitrogens with zero attached hydrogens (tertiary/aromatic N) is 1. The van der Waals surface area contributed by atoms with Crippen molar-refractivity contribution in [2.75, 3.05) is 59.0 Å². The predicted octanol–water partition coefficient (Wildman–Crippen LogP) is 0.00940. The Bertz CT molecular complexity index is 480. The molecular formula is C22H49N7O4. The fourth-order valence-corrected chi connectivity index (χ4v) is 2.75. The molecule has 3 amide bonds. The standard InChI is InChI=1S/C18H38N6O4.C4H11N/c19-8-4-2-1-3-6-10-22-14-17(26)24(12-7-5-9-20)15-16(25)23-11-13-28-18(21)27;1-2-3-4-5/h22H,1-15,19-20H2,(H2,21,27)(H,23,25);2-5H2,1H3. The zero-order valence-electron chi connectivity index (χ0n) is 20.6. The van der Waals surface area contributed by atoms with Gasteiger partial charge >= 0.3 is 6.09 Å². The molecule has 0 unspecified atom stereocenters. The van der Waals surface area contributed by atoms with E-state index in [1.807, 2.05) is 0 Å². The lowest BCUT2D eigenvalue weighted by molar-refractivity contribution is -0.135. The third-order valence-corrected chi connectivity index (χ3v) is 4.63. The summed E-state index contributed by atoms with van der Waals surface area (Å²) < 4.78 is 4.54. The number of unbranched alkanes of at least 4 members (excludes halogenated alkanes) is 6. The highest BCUT2D eigenvalue weighted by atomic mass is 16.5. The van der Waals surface area contributed by atoms with E-state index in [0.717, 1.165) is 64.6 Å². The third-order valence-electron chi connectivity index (χ3n) is 4.63. The maximum absolute atomic E-state index is 12.4. The van der Waals surface area contributed by atoms with Crippen molar-refractivity contribution in [1.29, 1.82) is 0 Å². The van der Waals surface area contributed by atoms with Gasteiger partial charge in [-0.2, -0.15) is 0 Å². The van der Waals surface area contributed by atoms with Crippen molar-refractivity contribution in [3.05, 3.63) is 0 Å². The number of rotatable bonds is 20. The fourth-order valence-electron chi connectivity index (χ4n) is 2.75. The molecule has 0 heterocycles. The summed E-state index contributed by atoms with van der Waals surface area (Å²) in [5, 5.41) is 5.74. The van der Waals surface area contributed by atoms with Gasteiger partial charge in [0.05, 0.1) is 19.6 Å². The van der Waals surface area contributed by atoms with E-state index in [4.69, 9.17) is 22.9 Å². The normalized spacial score (nSPS) is 10.2. The second-order valence-electron chi connectivity index (χ2n) is 7.70. The van der Waals surface area contributed by atoms with Crippen LogP contribution in [0.2, 0.25) is 0 Å². The molecule has 196 valence electrons. The van der Waals surface area contributed by atoms with Gasteiger partial charge < -0.3 is 43.2 Å². The van der Waals surface area contributed by atoms with Crippen LogP contribution >= 0.6 is 0 Å². The molecule has 11 heteroatoms. The van der Waals surface area contributed by atoms with Crippen molar-refractivity contribution < 1.29 is 19.1 Å². The molecule has 0 aromatic carbocycles. The molecule has 0 aromatic rings. The summed E-state index contributed by atoms with van der Waals surface area (Å²) >= 11 is 0. The minimum absolute atomic E-state index is 0.00493. The number of carbonyl (C=O) groups is 3. The number of carbonyl (C=O) groups excluding carboxylic acids is 3. The van der Waals surface area contributed by atoms with E-state index in [2.05, 4.69) is 22.3 Å². The van der Waals surface area contributed by atoms with Gasteiger partial charge in [-0.3, -0.25) is 9.59 Å². The number of hydrogen-bond donors (Lipinski definition) is 6. The van der Waals surface area contributed by atoms with E-state index < -0.39 is 6.09 Å². The molecule has 0 aliphatic rings. The molecule has 0 fully saturated rings. The molecule has 33 heavy (non-hydrogen) atoms. The lowest BCUT2D eigenvalue weighted by Gasteiger charge is -2.22. The molecule has 0 saturated heterocycles. The molecule has 0 aliphatic heterocycles. The van der Waals surface area contributed by atoms with Gasteiger partial charge in [-0.25, -0.2) is 4.79 Å². The number of hydrogen-bond acceptors (Lipinski definition) is 8. The van der Waals surface area contributed by atoms with Crippen molar-refractivity contribution in [3.8, 4) is 0 Å². The van der Waals surface area contributed by atoms with Gasteiger partial charge in [0.1, 0.15) is 6.61 Å². The third kappa shape index (κ3) is 26.2. The monoisotopic (exact) mass is 475 g/mol. The molecule has 0 rings (SSSR count). The molecular weight excluding hydrogens is 426 g/mol. The van der Waals surface area contributed by atoms with Crippen molar-refractivity contribution in [3.63, 3.8) is 0 Å². The van der Waals surface area contributed by atoms with E-state index >= 15 is 0 Å². The van der Waals surface area contributed by atoms with E-state index in [0.29, 0.717) is 13.1 Å². The summed E-state index contributed by atoms with van der Waals surface area (Å²) in [7, 11) is 0. The lowest BCUT2D eigenvalue weighted by Crippen LogP contribution is -2.45. The fraction of sp³-hybridized carbons (Fsp3) is 0.864. The highest BCUT2D eigenvalue weighted by Gasteiger charge is 2.16. The van der Waals surface area contributed by atoms with Crippen LogP contribution in [0.25, 0.3) is 0 Å². The van der Waals surface area contributed by atoms with Crippen LogP contribution in [0.1, 0.15) is 64.7 Å². The first-order chi connectivity index (χ1) is 15.9. The summed E-state index contributed by atoms with van der Waals surface area (Å²) in [5.41, 5.74) is 20.9. The van der Waals surface area contributed by atoms with Crippen LogP contribution in [0, 0.1) is 0 Å². The Kier molecular flexibility index (Phi) is 26.5. The van der Waals surface area contributed by atoms with E-state index in [1.165, 1.54) is 17.7 Å². The Morgan fingerprint density at radius 2 is 1.42 bits per heavy atom. The SMILES string of the molecule is CCCCN.NCCCCCCCNCC(=O)N(CCCCN)CC(=O)NCCOC(N)=O. The van der Waals surface area contributed by atoms with E-state index in [9.17, 15) is 14.4 Å². The highest BCUT2D eigenvalue weighted by Crippen LogP contribution is 2.01. The maximum atomic E-state index is 12.4. The Morgan fingerprint density at radius 1 is 0.818 bits per heavy atom. The molecule has 0 aliphatic carbocycles. The first-order valence-corrected chi connectivity index (χ1v) is 12.2. The smallest absolute Gasteiger partial charge is 0.404 e. The van der Waals surface area contributed by atoms with Crippen molar-refractivity contribution in [2.24, 2.45) is 22.9 Å². The quantitative estimate of drug-likeness (QED) is 0.133. The van der Waals surface area contributed by atoms with Crippen LogP contribution in [-0.2, 0) is 14.3 Å². The predicted molar refractivity (Wildman–Crippen MR) is 132 cm³/mol. The molecule has 0 aromatic heterocycles. The number of primary amides is 1. The number of nitrogens with one attached hydrogen (secondary N) is 2. The second-order valence-corrected chi connectivity index (χ2v) is 7.70. The summed E-state index contributed by atoms with van der Waals surface area (Å²) in [6.07, 6.45) is 8.48. The van der Waals surface area contributed by atoms with Crippen molar-refractivity contribution >= 4 is 17.9 Å². The van der Waals surface area contributed by atoms with Crippen LogP contribution in [0.15, 0.2) is 0 Å². The van der Waals surface area contributed by atoms with Crippen LogP contribution in [0.4, 0.5) is 4.79 Å². The number of nitrogens with two attached hydrogens (primary N) is 4. The zero-order chi connectivity index (χ0) is 25.2. The second kappa shape index (κ2) is 26.3. The van der Waals surface area contributed by atoms with Crippen LogP contribution in [0.5, 0.6) is 0 Å². The Morgan fingerprint density at radius 3 is 2.00 bits per heavy atom. The molecule has 0 radical (unpaired) electrons.